The predicted molar refractivity (Wildman–Crippen MR) is 93.3 cm³/mol. The van der Waals surface area contributed by atoms with E-state index >= 15 is 0 Å². The van der Waals surface area contributed by atoms with E-state index in [2.05, 4.69) is 27.7 Å². The van der Waals surface area contributed by atoms with E-state index in [0.717, 1.165) is 22.6 Å². The number of carbonyl (C=O) groups excluding carboxylic acids is 2. The predicted octanol–water partition coefficient (Wildman–Crippen LogP) is 4.77. The lowest BCUT2D eigenvalue weighted by Crippen LogP contribution is -2.15. The monoisotopic (exact) mass is 340 g/mol. The smallest absolute Gasteiger partial charge is 0.340 e. The molecule has 4 nitrogen and oxygen atoms in total. The highest BCUT2D eigenvalue weighted by Crippen LogP contribution is 2.29. The largest absolute Gasteiger partial charge is 0.462 e. The topological polar surface area (TPSA) is 52.6 Å². The van der Waals surface area contributed by atoms with Gasteiger partial charge in [0.05, 0.1) is 24.3 Å². The molecule has 1 rings (SSSR count). The molecule has 0 aliphatic carbocycles. The standard InChI is InChI=1S/C18H28O4S/c1-11(2)7-9-21-17(19)15-13(5)23-14(6)16(15)18(20)22-10-8-12(3)4/h11-12H,7-10H2,1-6H3. The first-order chi connectivity index (χ1) is 10.7. The van der Waals surface area contributed by atoms with Crippen molar-refractivity contribution in [1.29, 1.82) is 0 Å². The van der Waals surface area contributed by atoms with E-state index in [-0.39, 0.29) is 0 Å². The van der Waals surface area contributed by atoms with Crippen molar-refractivity contribution in [3.8, 4) is 0 Å². The average Bonchev–Trinajstić information content (AvgIpc) is 2.72. The van der Waals surface area contributed by atoms with E-state index in [1.54, 1.807) is 0 Å². The zero-order valence-electron chi connectivity index (χ0n) is 15.0. The highest BCUT2D eigenvalue weighted by molar-refractivity contribution is 7.12. The Morgan fingerprint density at radius 1 is 0.826 bits per heavy atom. The number of hydrogen-bond donors (Lipinski definition) is 0. The van der Waals surface area contributed by atoms with Gasteiger partial charge in [0, 0.05) is 9.75 Å². The lowest BCUT2D eigenvalue weighted by molar-refractivity contribution is 0.0440. The highest BCUT2D eigenvalue weighted by Gasteiger charge is 2.26. The van der Waals surface area contributed by atoms with Gasteiger partial charge in [-0.05, 0) is 38.5 Å². The molecule has 0 aliphatic heterocycles. The quantitative estimate of drug-likeness (QED) is 0.640. The molecule has 0 aliphatic rings. The van der Waals surface area contributed by atoms with Gasteiger partial charge in [-0.1, -0.05) is 27.7 Å². The van der Waals surface area contributed by atoms with Gasteiger partial charge in [0.2, 0.25) is 0 Å². The summed E-state index contributed by atoms with van der Waals surface area (Å²) in [5.74, 6) is 0.0776. The maximum Gasteiger partial charge on any atom is 0.340 e. The molecule has 0 saturated heterocycles. The zero-order valence-corrected chi connectivity index (χ0v) is 15.8. The van der Waals surface area contributed by atoms with Crippen LogP contribution in [0, 0.1) is 25.7 Å². The summed E-state index contributed by atoms with van der Waals surface area (Å²) in [5, 5.41) is 0. The summed E-state index contributed by atoms with van der Waals surface area (Å²) >= 11 is 1.43. The van der Waals surface area contributed by atoms with E-state index in [0.29, 0.717) is 36.2 Å². The highest BCUT2D eigenvalue weighted by atomic mass is 32.1. The van der Waals surface area contributed by atoms with Crippen LogP contribution in [0.15, 0.2) is 0 Å². The Morgan fingerprint density at radius 2 is 1.17 bits per heavy atom. The van der Waals surface area contributed by atoms with Crippen molar-refractivity contribution < 1.29 is 19.1 Å². The zero-order chi connectivity index (χ0) is 17.6. The van der Waals surface area contributed by atoms with E-state index in [9.17, 15) is 9.59 Å². The molecule has 1 heterocycles. The second kappa shape index (κ2) is 9.06. The van der Waals surface area contributed by atoms with Crippen LogP contribution >= 0.6 is 11.3 Å². The van der Waals surface area contributed by atoms with E-state index < -0.39 is 11.9 Å². The van der Waals surface area contributed by atoms with Crippen LogP contribution < -0.4 is 0 Å². The number of carbonyl (C=O) groups is 2. The van der Waals surface area contributed by atoms with Crippen molar-refractivity contribution in [3.05, 3.63) is 20.9 Å². The molecule has 0 fully saturated rings. The summed E-state index contributed by atoms with van der Waals surface area (Å²) < 4.78 is 10.7. The summed E-state index contributed by atoms with van der Waals surface area (Å²) in [6, 6.07) is 0. The maximum absolute atomic E-state index is 12.3. The molecule has 0 unspecified atom stereocenters. The number of ether oxygens (including phenoxy) is 2. The van der Waals surface area contributed by atoms with Gasteiger partial charge in [0.1, 0.15) is 0 Å². The summed E-state index contributed by atoms with van der Waals surface area (Å²) in [7, 11) is 0. The van der Waals surface area contributed by atoms with Crippen molar-refractivity contribution >= 4 is 23.3 Å². The molecule has 0 saturated carbocycles. The van der Waals surface area contributed by atoms with Gasteiger partial charge < -0.3 is 9.47 Å². The second-order valence-corrected chi connectivity index (χ2v) is 8.03. The third kappa shape index (κ3) is 5.98. The van der Waals surface area contributed by atoms with Crippen molar-refractivity contribution in [1.82, 2.24) is 0 Å². The fraction of sp³-hybridized carbons (Fsp3) is 0.667. The molecule has 0 aromatic carbocycles. The Bertz CT molecular complexity index is 497. The number of thiophene rings is 1. The molecule has 0 atom stereocenters. The molecule has 0 bridgehead atoms. The van der Waals surface area contributed by atoms with E-state index in [4.69, 9.17) is 9.47 Å². The van der Waals surface area contributed by atoms with Gasteiger partial charge in [-0.2, -0.15) is 0 Å². The molecule has 5 heteroatoms. The molecular formula is C18H28O4S. The van der Waals surface area contributed by atoms with Crippen molar-refractivity contribution in [3.63, 3.8) is 0 Å². The molecule has 1 aromatic rings. The van der Waals surface area contributed by atoms with Crippen LogP contribution in [-0.2, 0) is 9.47 Å². The molecule has 130 valence electrons. The molecule has 23 heavy (non-hydrogen) atoms. The third-order valence-corrected chi connectivity index (χ3v) is 4.55. The summed E-state index contributed by atoms with van der Waals surface area (Å²) in [4.78, 5) is 26.3. The van der Waals surface area contributed by atoms with Crippen LogP contribution in [0.2, 0.25) is 0 Å². The van der Waals surface area contributed by atoms with Crippen molar-refractivity contribution in [2.75, 3.05) is 13.2 Å². The minimum absolute atomic E-state index is 0.366. The average molecular weight is 340 g/mol. The number of hydrogen-bond acceptors (Lipinski definition) is 5. The molecule has 0 radical (unpaired) electrons. The van der Waals surface area contributed by atoms with Gasteiger partial charge in [-0.25, -0.2) is 9.59 Å². The van der Waals surface area contributed by atoms with Crippen LogP contribution in [-0.4, -0.2) is 25.2 Å². The SMILES string of the molecule is Cc1sc(C)c(C(=O)OCCC(C)C)c1C(=O)OCCC(C)C. The normalized spacial score (nSPS) is 11.1. The first kappa shape index (κ1) is 19.7. The van der Waals surface area contributed by atoms with Gasteiger partial charge in [0.15, 0.2) is 0 Å². The Hall–Kier alpha value is -1.36. The van der Waals surface area contributed by atoms with E-state index in [1.807, 2.05) is 13.8 Å². The van der Waals surface area contributed by atoms with Crippen LogP contribution in [0.4, 0.5) is 0 Å². The lowest BCUT2D eigenvalue weighted by atomic mass is 10.1. The van der Waals surface area contributed by atoms with Crippen molar-refractivity contribution in [2.24, 2.45) is 11.8 Å². The molecule has 1 aromatic heterocycles. The summed E-state index contributed by atoms with van der Waals surface area (Å²) in [6.07, 6.45) is 1.62. The Kier molecular flexibility index (Phi) is 7.76. The van der Waals surface area contributed by atoms with Gasteiger partial charge in [0.25, 0.3) is 0 Å². The Morgan fingerprint density at radius 3 is 1.48 bits per heavy atom. The number of rotatable bonds is 8. The Labute approximate surface area is 143 Å². The summed E-state index contributed by atoms with van der Waals surface area (Å²) in [6.45, 7) is 12.7. The maximum atomic E-state index is 12.3. The van der Waals surface area contributed by atoms with Gasteiger partial charge >= 0.3 is 11.9 Å². The summed E-state index contributed by atoms with van der Waals surface area (Å²) in [5.41, 5.74) is 0.733. The Balaban J connectivity index is 2.83. The third-order valence-electron chi connectivity index (χ3n) is 3.53. The fourth-order valence-corrected chi connectivity index (χ4v) is 3.13. The van der Waals surface area contributed by atoms with Crippen molar-refractivity contribution in [2.45, 2.75) is 54.4 Å². The minimum atomic E-state index is -0.427. The molecular weight excluding hydrogens is 312 g/mol. The van der Waals surface area contributed by atoms with Crippen LogP contribution in [0.5, 0.6) is 0 Å². The van der Waals surface area contributed by atoms with Crippen LogP contribution in [0.25, 0.3) is 0 Å². The number of esters is 2. The first-order valence-corrected chi connectivity index (χ1v) is 8.99. The molecule has 0 spiro atoms. The minimum Gasteiger partial charge on any atom is -0.462 e. The number of aryl methyl sites for hydroxylation is 2. The van der Waals surface area contributed by atoms with Gasteiger partial charge in [-0.15, -0.1) is 11.3 Å². The molecule has 0 N–H and O–H groups in total. The van der Waals surface area contributed by atoms with Crippen LogP contribution in [0.1, 0.15) is 71.0 Å². The lowest BCUT2D eigenvalue weighted by Gasteiger charge is -2.10. The van der Waals surface area contributed by atoms with E-state index in [1.165, 1.54) is 11.3 Å². The molecule has 0 amide bonds. The fourth-order valence-electron chi connectivity index (χ4n) is 2.09. The van der Waals surface area contributed by atoms with Gasteiger partial charge in [-0.3, -0.25) is 0 Å². The second-order valence-electron chi connectivity index (χ2n) is 6.60. The first-order valence-electron chi connectivity index (χ1n) is 8.18. The van der Waals surface area contributed by atoms with Crippen LogP contribution in [0.3, 0.4) is 0 Å².